The van der Waals surface area contributed by atoms with Gasteiger partial charge >= 0.3 is 5.97 Å². The monoisotopic (exact) mass is 157 g/mol. The molecule has 0 radical (unpaired) electrons. The van der Waals surface area contributed by atoms with Crippen molar-refractivity contribution >= 4 is 5.97 Å². The van der Waals surface area contributed by atoms with Gasteiger partial charge in [-0.05, 0) is 24.8 Å². The molecule has 1 rings (SSSR count). The van der Waals surface area contributed by atoms with E-state index < -0.39 is 11.4 Å². The molecule has 0 aromatic heterocycles. The van der Waals surface area contributed by atoms with Gasteiger partial charge in [-0.1, -0.05) is 13.8 Å². The molecule has 0 aromatic rings. The van der Waals surface area contributed by atoms with Gasteiger partial charge < -0.3 is 10.8 Å². The molecule has 1 aliphatic carbocycles. The molecule has 3 N–H and O–H groups in total. The van der Waals surface area contributed by atoms with Gasteiger partial charge in [0.2, 0.25) is 0 Å². The van der Waals surface area contributed by atoms with Crippen LogP contribution in [0.1, 0.15) is 20.3 Å². The predicted octanol–water partition coefficient (Wildman–Crippen LogP) is 0.692. The standard InChI is InChI=1S/C8H15NO2/c1-5(2)8(7(10)11)3-6(8)4-9/h5-6H,3-4,9H2,1-2H3,(H,10,11)/t6-,8+/m0/s1. The lowest BCUT2D eigenvalue weighted by Gasteiger charge is -2.15. The van der Waals surface area contributed by atoms with Crippen molar-refractivity contribution in [2.24, 2.45) is 23.0 Å². The summed E-state index contributed by atoms with van der Waals surface area (Å²) in [5.74, 6) is -0.267. The van der Waals surface area contributed by atoms with Crippen LogP contribution >= 0.6 is 0 Å². The third-order valence-corrected chi connectivity index (χ3v) is 2.87. The predicted molar refractivity (Wildman–Crippen MR) is 42.1 cm³/mol. The lowest BCUT2D eigenvalue weighted by molar-refractivity contribution is -0.145. The van der Waals surface area contributed by atoms with Crippen LogP contribution in [0.4, 0.5) is 0 Å². The van der Waals surface area contributed by atoms with E-state index in [1.807, 2.05) is 13.8 Å². The maximum atomic E-state index is 10.8. The summed E-state index contributed by atoms with van der Waals surface area (Å²) in [6.45, 7) is 4.40. The van der Waals surface area contributed by atoms with E-state index in [1.54, 1.807) is 0 Å². The highest BCUT2D eigenvalue weighted by Gasteiger charge is 2.61. The molecular weight excluding hydrogens is 142 g/mol. The van der Waals surface area contributed by atoms with Gasteiger partial charge in [-0.2, -0.15) is 0 Å². The van der Waals surface area contributed by atoms with Crippen LogP contribution in [0.15, 0.2) is 0 Å². The first-order valence-electron chi connectivity index (χ1n) is 3.99. The van der Waals surface area contributed by atoms with E-state index in [1.165, 1.54) is 0 Å². The molecule has 1 fully saturated rings. The minimum Gasteiger partial charge on any atom is -0.481 e. The van der Waals surface area contributed by atoms with Gasteiger partial charge in [-0.15, -0.1) is 0 Å². The molecule has 0 aromatic carbocycles. The van der Waals surface area contributed by atoms with Gasteiger partial charge in [-0.25, -0.2) is 0 Å². The molecule has 0 spiro atoms. The van der Waals surface area contributed by atoms with E-state index in [0.29, 0.717) is 6.54 Å². The number of hydrogen-bond acceptors (Lipinski definition) is 2. The first-order valence-corrected chi connectivity index (χ1v) is 3.99. The number of carboxylic acids is 1. The smallest absolute Gasteiger partial charge is 0.310 e. The fraction of sp³-hybridized carbons (Fsp3) is 0.875. The highest BCUT2D eigenvalue weighted by Crippen LogP contribution is 2.57. The Morgan fingerprint density at radius 1 is 1.82 bits per heavy atom. The van der Waals surface area contributed by atoms with Crippen LogP contribution in [0.3, 0.4) is 0 Å². The van der Waals surface area contributed by atoms with Crippen molar-refractivity contribution in [2.75, 3.05) is 6.54 Å². The second-order valence-electron chi connectivity index (χ2n) is 3.64. The second-order valence-corrected chi connectivity index (χ2v) is 3.64. The van der Waals surface area contributed by atoms with Gasteiger partial charge in [0.25, 0.3) is 0 Å². The van der Waals surface area contributed by atoms with Gasteiger partial charge in [0.15, 0.2) is 0 Å². The zero-order valence-electron chi connectivity index (χ0n) is 7.00. The number of carbonyl (C=O) groups is 1. The van der Waals surface area contributed by atoms with Crippen molar-refractivity contribution in [3.05, 3.63) is 0 Å². The molecule has 0 unspecified atom stereocenters. The maximum Gasteiger partial charge on any atom is 0.310 e. The molecule has 0 amide bonds. The van der Waals surface area contributed by atoms with Crippen molar-refractivity contribution < 1.29 is 9.90 Å². The van der Waals surface area contributed by atoms with Gasteiger partial charge in [0.05, 0.1) is 5.41 Å². The third-order valence-electron chi connectivity index (χ3n) is 2.87. The largest absolute Gasteiger partial charge is 0.481 e. The molecule has 11 heavy (non-hydrogen) atoms. The number of nitrogens with two attached hydrogens (primary N) is 1. The van der Waals surface area contributed by atoms with Crippen molar-refractivity contribution in [2.45, 2.75) is 20.3 Å². The van der Waals surface area contributed by atoms with Crippen LogP contribution in [-0.2, 0) is 4.79 Å². The van der Waals surface area contributed by atoms with Gasteiger partial charge in [0, 0.05) is 0 Å². The number of carboxylic acid groups (broad SMARTS) is 1. The zero-order chi connectivity index (χ0) is 8.65. The first kappa shape index (κ1) is 8.53. The van der Waals surface area contributed by atoms with E-state index in [2.05, 4.69) is 0 Å². The van der Waals surface area contributed by atoms with Crippen molar-refractivity contribution in [1.29, 1.82) is 0 Å². The highest BCUT2D eigenvalue weighted by molar-refractivity contribution is 5.79. The van der Waals surface area contributed by atoms with Crippen LogP contribution in [-0.4, -0.2) is 17.6 Å². The summed E-state index contributed by atoms with van der Waals surface area (Å²) >= 11 is 0. The number of hydrogen-bond donors (Lipinski definition) is 2. The Kier molecular flexibility index (Phi) is 1.92. The fourth-order valence-electron chi connectivity index (χ4n) is 1.86. The molecule has 0 saturated heterocycles. The number of aliphatic carboxylic acids is 1. The fourth-order valence-corrected chi connectivity index (χ4v) is 1.86. The molecule has 64 valence electrons. The maximum absolute atomic E-state index is 10.8. The normalized spacial score (nSPS) is 35.8. The Morgan fingerprint density at radius 2 is 2.36 bits per heavy atom. The van der Waals surface area contributed by atoms with Crippen molar-refractivity contribution in [3.63, 3.8) is 0 Å². The van der Waals surface area contributed by atoms with Gasteiger partial charge in [0.1, 0.15) is 0 Å². The van der Waals surface area contributed by atoms with Gasteiger partial charge in [-0.3, -0.25) is 4.79 Å². The second kappa shape index (κ2) is 2.48. The minimum absolute atomic E-state index is 0.202. The molecule has 3 heteroatoms. The van der Waals surface area contributed by atoms with Crippen LogP contribution < -0.4 is 5.73 Å². The Balaban J connectivity index is 2.71. The van der Waals surface area contributed by atoms with E-state index in [9.17, 15) is 4.79 Å². The van der Waals surface area contributed by atoms with Crippen LogP contribution in [0, 0.1) is 17.3 Å². The van der Waals surface area contributed by atoms with E-state index in [-0.39, 0.29) is 11.8 Å². The highest BCUT2D eigenvalue weighted by atomic mass is 16.4. The molecule has 1 saturated carbocycles. The topological polar surface area (TPSA) is 63.3 Å². The summed E-state index contributed by atoms with van der Waals surface area (Å²) < 4.78 is 0. The summed E-state index contributed by atoms with van der Waals surface area (Å²) in [6.07, 6.45) is 0.760. The Morgan fingerprint density at radius 3 is 2.45 bits per heavy atom. The average molecular weight is 157 g/mol. The SMILES string of the molecule is CC(C)[C@]1(C(=O)O)C[C@H]1CN. The number of rotatable bonds is 3. The summed E-state index contributed by atoms with van der Waals surface area (Å²) in [5, 5.41) is 8.92. The summed E-state index contributed by atoms with van der Waals surface area (Å²) in [5.41, 5.74) is 4.93. The molecule has 0 bridgehead atoms. The molecule has 0 aliphatic heterocycles. The summed E-state index contributed by atoms with van der Waals surface area (Å²) in [7, 11) is 0. The lowest BCUT2D eigenvalue weighted by atomic mass is 9.90. The average Bonchev–Trinajstić information content (AvgIpc) is 2.61. The summed E-state index contributed by atoms with van der Waals surface area (Å²) in [6, 6.07) is 0. The van der Waals surface area contributed by atoms with E-state index in [0.717, 1.165) is 6.42 Å². The summed E-state index contributed by atoms with van der Waals surface area (Å²) in [4.78, 5) is 10.8. The van der Waals surface area contributed by atoms with Crippen LogP contribution in [0.2, 0.25) is 0 Å². The molecule has 3 nitrogen and oxygen atoms in total. The molecule has 1 aliphatic rings. The Labute approximate surface area is 66.6 Å². The molecule has 2 atom stereocenters. The quantitative estimate of drug-likeness (QED) is 0.633. The minimum atomic E-state index is -0.678. The van der Waals surface area contributed by atoms with E-state index in [4.69, 9.17) is 10.8 Å². The Hall–Kier alpha value is -0.570. The molecular formula is C8H15NO2. The third kappa shape index (κ3) is 1.03. The van der Waals surface area contributed by atoms with Crippen LogP contribution in [0.25, 0.3) is 0 Å². The van der Waals surface area contributed by atoms with Crippen molar-refractivity contribution in [1.82, 2.24) is 0 Å². The van der Waals surface area contributed by atoms with Crippen LogP contribution in [0.5, 0.6) is 0 Å². The zero-order valence-corrected chi connectivity index (χ0v) is 7.00. The molecule has 0 heterocycles. The van der Waals surface area contributed by atoms with Crippen molar-refractivity contribution in [3.8, 4) is 0 Å². The lowest BCUT2D eigenvalue weighted by Crippen LogP contribution is -2.26. The van der Waals surface area contributed by atoms with E-state index >= 15 is 0 Å². The Bertz CT molecular complexity index is 179. The first-order chi connectivity index (χ1) is 5.05.